The van der Waals surface area contributed by atoms with Crippen molar-refractivity contribution in [3.05, 3.63) is 58.6 Å². The number of carbonyl (C=O) groups is 2. The molecule has 1 saturated carbocycles. The largest absolute Gasteiger partial charge is 0.496 e. The third-order valence-corrected chi connectivity index (χ3v) is 8.65. The molecule has 0 spiro atoms. The summed E-state index contributed by atoms with van der Waals surface area (Å²) in [4.78, 5) is 28.9. The van der Waals surface area contributed by atoms with E-state index in [4.69, 9.17) is 21.1 Å². The fourth-order valence-corrected chi connectivity index (χ4v) is 6.84. The van der Waals surface area contributed by atoms with Gasteiger partial charge in [-0.05, 0) is 29.9 Å². The summed E-state index contributed by atoms with van der Waals surface area (Å²) < 4.78 is 11.0. The van der Waals surface area contributed by atoms with Gasteiger partial charge < -0.3 is 24.8 Å². The van der Waals surface area contributed by atoms with E-state index >= 15 is 0 Å². The first-order chi connectivity index (χ1) is 18.6. The maximum absolute atomic E-state index is 14.2. The number of carbonyl (C=O) groups excluding carboxylic acids is 1. The van der Waals surface area contributed by atoms with Crippen LogP contribution in [0.3, 0.4) is 0 Å². The maximum atomic E-state index is 14.2. The molecule has 0 aromatic heterocycles. The van der Waals surface area contributed by atoms with Gasteiger partial charge in [0.05, 0.1) is 25.3 Å². The van der Waals surface area contributed by atoms with E-state index in [0.717, 1.165) is 43.2 Å². The molecule has 7 nitrogen and oxygen atoms in total. The van der Waals surface area contributed by atoms with Gasteiger partial charge in [0.2, 0.25) is 5.91 Å². The number of benzene rings is 2. The molecule has 212 valence electrons. The second-order valence-electron chi connectivity index (χ2n) is 11.8. The van der Waals surface area contributed by atoms with Crippen molar-refractivity contribution in [3.8, 4) is 11.5 Å². The number of likely N-dealkylation sites (tertiary alicyclic amines) is 1. The lowest BCUT2D eigenvalue weighted by Crippen LogP contribution is -2.49. The smallest absolute Gasteiger partial charge is 0.326 e. The van der Waals surface area contributed by atoms with Gasteiger partial charge in [0.1, 0.15) is 17.5 Å². The Bertz CT molecular complexity index is 1160. The van der Waals surface area contributed by atoms with Crippen LogP contribution in [0, 0.1) is 17.3 Å². The summed E-state index contributed by atoms with van der Waals surface area (Å²) in [5.41, 5.74) is 1.35. The van der Waals surface area contributed by atoms with E-state index in [9.17, 15) is 14.7 Å². The normalized spacial score (nSPS) is 24.0. The molecular weight excluding hydrogens is 516 g/mol. The molecule has 2 aromatic rings. The highest BCUT2D eigenvalue weighted by Crippen LogP contribution is 2.49. The van der Waals surface area contributed by atoms with Crippen molar-refractivity contribution in [2.24, 2.45) is 17.3 Å². The fourth-order valence-electron chi connectivity index (χ4n) is 6.58. The Balaban J connectivity index is 1.80. The summed E-state index contributed by atoms with van der Waals surface area (Å²) in [6.07, 6.45) is 4.74. The van der Waals surface area contributed by atoms with Gasteiger partial charge in [-0.25, -0.2) is 4.79 Å². The SMILES string of the molecule is COc1cc(OC)c(CN[C@@H]2[C@@H](C(C)(C)C)[C@H](C(=O)O)N(C(=O)C3CCCCC3)[C@@H]2c2ccccc2)cc1Cl. The molecule has 39 heavy (non-hydrogen) atoms. The van der Waals surface area contributed by atoms with E-state index in [1.165, 1.54) is 0 Å². The highest BCUT2D eigenvalue weighted by Gasteiger charge is 2.58. The lowest BCUT2D eigenvalue weighted by Gasteiger charge is -2.36. The van der Waals surface area contributed by atoms with Gasteiger partial charge in [0.25, 0.3) is 0 Å². The van der Waals surface area contributed by atoms with E-state index in [-0.39, 0.29) is 23.8 Å². The van der Waals surface area contributed by atoms with E-state index in [1.54, 1.807) is 25.2 Å². The van der Waals surface area contributed by atoms with E-state index in [0.29, 0.717) is 23.1 Å². The first-order valence-corrected chi connectivity index (χ1v) is 14.2. The van der Waals surface area contributed by atoms with Crippen LogP contribution in [0.4, 0.5) is 0 Å². The van der Waals surface area contributed by atoms with Crippen molar-refractivity contribution in [1.29, 1.82) is 0 Å². The minimum absolute atomic E-state index is 0.0421. The molecule has 4 rings (SSSR count). The number of rotatable bonds is 8. The molecule has 0 radical (unpaired) electrons. The first-order valence-electron chi connectivity index (χ1n) is 13.8. The summed E-state index contributed by atoms with van der Waals surface area (Å²) in [7, 11) is 3.15. The van der Waals surface area contributed by atoms with Crippen LogP contribution in [0.5, 0.6) is 11.5 Å². The minimum Gasteiger partial charge on any atom is -0.496 e. The third-order valence-electron chi connectivity index (χ3n) is 8.35. The van der Waals surface area contributed by atoms with Crippen LogP contribution in [0.15, 0.2) is 42.5 Å². The van der Waals surface area contributed by atoms with Gasteiger partial charge in [-0.2, -0.15) is 0 Å². The third kappa shape index (κ3) is 6.04. The molecule has 2 fully saturated rings. The van der Waals surface area contributed by atoms with Gasteiger partial charge in [-0.15, -0.1) is 0 Å². The molecule has 2 N–H and O–H groups in total. The number of hydrogen-bond acceptors (Lipinski definition) is 5. The van der Waals surface area contributed by atoms with Crippen molar-refractivity contribution in [1.82, 2.24) is 10.2 Å². The molecule has 2 aliphatic rings. The number of ether oxygens (including phenoxy) is 2. The molecule has 1 aliphatic heterocycles. The lowest BCUT2D eigenvalue weighted by molar-refractivity contribution is -0.154. The average molecular weight is 557 g/mol. The van der Waals surface area contributed by atoms with Gasteiger partial charge in [0.15, 0.2) is 0 Å². The number of carboxylic acids is 1. The first kappa shape index (κ1) is 29.2. The summed E-state index contributed by atoms with van der Waals surface area (Å²) in [5.74, 6) is -0.369. The summed E-state index contributed by atoms with van der Waals surface area (Å²) >= 11 is 6.46. The number of hydrogen-bond donors (Lipinski definition) is 2. The minimum atomic E-state index is -0.964. The molecule has 1 heterocycles. The van der Waals surface area contributed by atoms with Crippen molar-refractivity contribution in [3.63, 3.8) is 0 Å². The Hall–Kier alpha value is -2.77. The van der Waals surface area contributed by atoms with Gasteiger partial charge >= 0.3 is 5.97 Å². The van der Waals surface area contributed by atoms with Gasteiger partial charge in [-0.1, -0.05) is 82.0 Å². The summed E-state index contributed by atoms with van der Waals surface area (Å²) in [6.45, 7) is 6.56. The highest BCUT2D eigenvalue weighted by molar-refractivity contribution is 6.32. The van der Waals surface area contributed by atoms with Crippen molar-refractivity contribution in [2.75, 3.05) is 14.2 Å². The van der Waals surface area contributed by atoms with Crippen molar-refractivity contribution < 1.29 is 24.2 Å². The second-order valence-corrected chi connectivity index (χ2v) is 12.2. The van der Waals surface area contributed by atoms with E-state index in [2.05, 4.69) is 26.1 Å². The molecule has 1 saturated heterocycles. The standard InChI is InChI=1S/C31H41ClN2O5/c1-31(2,3)25-26(33-18-21-16-22(32)24(39-5)17-23(21)38-4)27(19-12-8-6-9-13-19)34(28(25)30(36)37)29(35)20-14-10-7-11-15-20/h6,8-9,12-13,16-17,20,25-28,33H,7,10-11,14-15,18H2,1-5H3,(H,36,37)/t25-,26-,27-,28-/m1/s1. The predicted molar refractivity (Wildman–Crippen MR) is 152 cm³/mol. The van der Waals surface area contributed by atoms with Crippen LogP contribution in [0.2, 0.25) is 5.02 Å². The Morgan fingerprint density at radius 2 is 1.67 bits per heavy atom. The second kappa shape index (κ2) is 12.2. The number of nitrogens with zero attached hydrogens (tertiary/aromatic N) is 1. The maximum Gasteiger partial charge on any atom is 0.326 e. The van der Waals surface area contributed by atoms with Crippen LogP contribution in [0.25, 0.3) is 0 Å². The monoisotopic (exact) mass is 556 g/mol. The molecule has 1 aliphatic carbocycles. The van der Waals surface area contributed by atoms with Crippen LogP contribution in [-0.4, -0.2) is 48.2 Å². The van der Waals surface area contributed by atoms with Crippen LogP contribution in [0.1, 0.15) is 70.0 Å². The number of aliphatic carboxylic acids is 1. The Labute approximate surface area is 236 Å². The molecule has 4 atom stereocenters. The molecule has 0 bridgehead atoms. The van der Waals surface area contributed by atoms with Crippen LogP contribution >= 0.6 is 11.6 Å². The van der Waals surface area contributed by atoms with Gasteiger partial charge in [-0.3, -0.25) is 4.79 Å². The quantitative estimate of drug-likeness (QED) is 0.409. The molecule has 8 heteroatoms. The topological polar surface area (TPSA) is 88.1 Å². The van der Waals surface area contributed by atoms with Crippen LogP contribution in [-0.2, 0) is 16.1 Å². The fraction of sp³-hybridized carbons (Fsp3) is 0.548. The number of nitrogens with one attached hydrogen (secondary N) is 1. The number of methoxy groups -OCH3 is 2. The number of halogens is 1. The average Bonchev–Trinajstić information content (AvgIpc) is 3.28. The van der Waals surface area contributed by atoms with Gasteiger partial charge in [0, 0.05) is 36.1 Å². The zero-order valence-corrected chi connectivity index (χ0v) is 24.3. The van der Waals surface area contributed by atoms with Crippen LogP contribution < -0.4 is 14.8 Å². The Morgan fingerprint density at radius 3 is 2.23 bits per heavy atom. The molecular formula is C31H41ClN2O5. The molecule has 2 aromatic carbocycles. The number of carboxylic acid groups (broad SMARTS) is 1. The Morgan fingerprint density at radius 1 is 1.03 bits per heavy atom. The lowest BCUT2D eigenvalue weighted by atomic mass is 9.72. The summed E-state index contributed by atoms with van der Waals surface area (Å²) in [5, 5.41) is 14.8. The zero-order valence-electron chi connectivity index (χ0n) is 23.6. The number of amides is 1. The predicted octanol–water partition coefficient (Wildman–Crippen LogP) is 6.09. The van der Waals surface area contributed by atoms with Crippen molar-refractivity contribution >= 4 is 23.5 Å². The highest BCUT2D eigenvalue weighted by atomic mass is 35.5. The van der Waals surface area contributed by atoms with E-state index < -0.39 is 23.5 Å². The molecule has 0 unspecified atom stereocenters. The van der Waals surface area contributed by atoms with E-state index in [1.807, 2.05) is 36.4 Å². The Kier molecular flexibility index (Phi) is 9.12. The van der Waals surface area contributed by atoms with Crippen molar-refractivity contribution in [2.45, 2.75) is 77.5 Å². The zero-order chi connectivity index (χ0) is 28.3. The molecule has 1 amide bonds. The summed E-state index contributed by atoms with van der Waals surface area (Å²) in [6, 6.07) is 11.7.